The molecule has 0 spiro atoms. The van der Waals surface area contributed by atoms with Gasteiger partial charge in [-0.3, -0.25) is 4.18 Å². The van der Waals surface area contributed by atoms with Gasteiger partial charge >= 0.3 is 19.5 Å². The topological polar surface area (TPSA) is 63.6 Å². The van der Waals surface area contributed by atoms with Crippen LogP contribution in [0.3, 0.4) is 0 Å². The van der Waals surface area contributed by atoms with Crippen molar-refractivity contribution in [2.24, 2.45) is 0 Å². The van der Waals surface area contributed by atoms with Crippen LogP contribution in [0.4, 0.5) is 0 Å². The van der Waals surface area contributed by atoms with Gasteiger partial charge in [0.1, 0.15) is 5.75 Å². The first kappa shape index (κ1) is 13.9. The molecule has 0 amide bonds. The number of hydrogen-bond donors (Lipinski definition) is 2. The average Bonchev–Trinajstić information content (AvgIpc) is 2.09. The maximum absolute atomic E-state index is 11.1. The van der Waals surface area contributed by atoms with E-state index in [-0.39, 0.29) is 30.1 Å². The second-order valence-corrected chi connectivity index (χ2v) is 4.47. The SMILES string of the molecule is COS(=O)(=O)c1ccc(S)c(O)c1.[Zn+2]. The van der Waals surface area contributed by atoms with E-state index >= 15 is 0 Å². The van der Waals surface area contributed by atoms with Gasteiger partial charge in [0, 0.05) is 11.0 Å². The molecule has 0 saturated carbocycles. The van der Waals surface area contributed by atoms with E-state index in [0.717, 1.165) is 13.2 Å². The molecule has 0 atom stereocenters. The summed E-state index contributed by atoms with van der Waals surface area (Å²) in [5.41, 5.74) is 0. The number of thiol groups is 1. The van der Waals surface area contributed by atoms with Crippen LogP contribution in [0.15, 0.2) is 28.0 Å². The van der Waals surface area contributed by atoms with Crippen molar-refractivity contribution < 1.29 is 37.2 Å². The summed E-state index contributed by atoms with van der Waals surface area (Å²) in [6, 6.07) is 3.77. The van der Waals surface area contributed by atoms with Crippen molar-refractivity contribution >= 4 is 22.7 Å². The molecule has 1 rings (SSSR count). The number of aromatic hydroxyl groups is 1. The van der Waals surface area contributed by atoms with Crippen molar-refractivity contribution in [3.05, 3.63) is 18.2 Å². The molecule has 7 heteroatoms. The van der Waals surface area contributed by atoms with Crippen LogP contribution < -0.4 is 0 Å². The first-order valence-electron chi connectivity index (χ1n) is 3.30. The average molecular weight is 286 g/mol. The van der Waals surface area contributed by atoms with Gasteiger partial charge < -0.3 is 5.11 Å². The van der Waals surface area contributed by atoms with Crippen LogP contribution in [0.2, 0.25) is 0 Å². The summed E-state index contributed by atoms with van der Waals surface area (Å²) < 4.78 is 26.5. The van der Waals surface area contributed by atoms with E-state index < -0.39 is 10.1 Å². The molecule has 0 saturated heterocycles. The second-order valence-electron chi connectivity index (χ2n) is 2.27. The minimum Gasteiger partial charge on any atom is -0.507 e. The predicted molar refractivity (Wildman–Crippen MR) is 49.6 cm³/mol. The molecule has 14 heavy (non-hydrogen) atoms. The summed E-state index contributed by atoms with van der Waals surface area (Å²) in [6.07, 6.45) is 0. The van der Waals surface area contributed by atoms with Crippen LogP contribution in [0.5, 0.6) is 5.75 Å². The molecular weight excluding hydrogens is 278 g/mol. The van der Waals surface area contributed by atoms with Gasteiger partial charge in [-0.05, 0) is 12.1 Å². The maximum atomic E-state index is 11.1. The predicted octanol–water partition coefficient (Wildman–Crippen LogP) is 1.01. The molecule has 1 N–H and O–H groups in total. The molecule has 72 valence electrons. The molecule has 4 nitrogen and oxygen atoms in total. The summed E-state index contributed by atoms with van der Waals surface area (Å²) >= 11 is 3.88. The fraction of sp³-hybridized carbons (Fsp3) is 0.143. The van der Waals surface area contributed by atoms with E-state index in [4.69, 9.17) is 5.11 Å². The number of hydrogen-bond acceptors (Lipinski definition) is 5. The standard InChI is InChI=1S/C7H8O4S2.Zn/c1-11-13(9,10)5-2-3-7(12)6(8)4-5;/h2-4,8,12H,1H3;/q;+2. The van der Waals surface area contributed by atoms with Crippen LogP contribution in [-0.4, -0.2) is 20.6 Å². The van der Waals surface area contributed by atoms with Crippen molar-refractivity contribution in [1.82, 2.24) is 0 Å². The Hall–Kier alpha value is -0.0966. The molecule has 0 unspecified atom stereocenters. The Balaban J connectivity index is 0.00000169. The zero-order valence-corrected chi connectivity index (χ0v) is 12.1. The van der Waals surface area contributed by atoms with Crippen molar-refractivity contribution in [3.8, 4) is 5.75 Å². The molecule has 0 heterocycles. The summed E-state index contributed by atoms with van der Waals surface area (Å²) in [5, 5.41) is 9.16. The van der Waals surface area contributed by atoms with Gasteiger partial charge in [0.15, 0.2) is 0 Å². The zero-order valence-electron chi connectivity index (χ0n) is 7.47. The first-order valence-corrected chi connectivity index (χ1v) is 5.15. The van der Waals surface area contributed by atoms with Crippen LogP contribution in [0, 0.1) is 0 Å². The van der Waals surface area contributed by atoms with Gasteiger partial charge in [0.2, 0.25) is 0 Å². The molecule has 0 fully saturated rings. The Bertz CT molecular complexity index is 416. The largest absolute Gasteiger partial charge is 2.00 e. The number of phenols is 1. The normalized spacial score (nSPS) is 10.7. The Labute approximate surface area is 101 Å². The van der Waals surface area contributed by atoms with Gasteiger partial charge in [-0.15, -0.1) is 12.6 Å². The molecule has 0 bridgehead atoms. The van der Waals surface area contributed by atoms with Gasteiger partial charge in [0.25, 0.3) is 10.1 Å². The van der Waals surface area contributed by atoms with E-state index in [1.54, 1.807) is 0 Å². The van der Waals surface area contributed by atoms with Gasteiger partial charge in [-0.2, -0.15) is 8.42 Å². The van der Waals surface area contributed by atoms with Gasteiger partial charge in [-0.25, -0.2) is 0 Å². The Morgan fingerprint density at radius 2 is 2.00 bits per heavy atom. The number of benzene rings is 1. The van der Waals surface area contributed by atoms with Crippen molar-refractivity contribution in [2.75, 3.05) is 7.11 Å². The van der Waals surface area contributed by atoms with Crippen molar-refractivity contribution in [2.45, 2.75) is 9.79 Å². The quantitative estimate of drug-likeness (QED) is 0.484. The molecule has 0 aliphatic carbocycles. The van der Waals surface area contributed by atoms with Crippen molar-refractivity contribution in [3.63, 3.8) is 0 Å². The minimum atomic E-state index is -3.73. The fourth-order valence-electron chi connectivity index (χ4n) is 0.755. The summed E-state index contributed by atoms with van der Waals surface area (Å²) in [6.45, 7) is 0. The summed E-state index contributed by atoms with van der Waals surface area (Å²) in [4.78, 5) is 0.223. The third kappa shape index (κ3) is 2.95. The Morgan fingerprint density at radius 1 is 1.43 bits per heavy atom. The molecule has 0 aliphatic heterocycles. The molecule has 1 aromatic carbocycles. The van der Waals surface area contributed by atoms with Crippen LogP contribution in [-0.2, 0) is 33.8 Å². The van der Waals surface area contributed by atoms with E-state index in [2.05, 4.69) is 16.8 Å². The Kier molecular flexibility index (Phi) is 5.08. The number of rotatable bonds is 2. The summed E-state index contributed by atoms with van der Waals surface area (Å²) in [7, 11) is -2.67. The third-order valence-corrected chi connectivity index (χ3v) is 3.10. The third-order valence-electron chi connectivity index (χ3n) is 1.45. The maximum Gasteiger partial charge on any atom is 2.00 e. The monoisotopic (exact) mass is 284 g/mol. The Morgan fingerprint density at radius 3 is 2.43 bits per heavy atom. The zero-order chi connectivity index (χ0) is 10.1. The fourth-order valence-corrected chi connectivity index (χ4v) is 1.58. The number of phenolic OH excluding ortho intramolecular Hbond substituents is 1. The van der Waals surface area contributed by atoms with Crippen LogP contribution in [0.25, 0.3) is 0 Å². The molecular formula is C7H8O4S2Zn+2. The van der Waals surface area contributed by atoms with E-state index in [0.29, 0.717) is 4.90 Å². The van der Waals surface area contributed by atoms with Crippen LogP contribution in [0.1, 0.15) is 0 Å². The first-order chi connectivity index (χ1) is 5.97. The van der Waals surface area contributed by atoms with E-state index in [1.807, 2.05) is 0 Å². The van der Waals surface area contributed by atoms with E-state index in [9.17, 15) is 8.42 Å². The van der Waals surface area contributed by atoms with Gasteiger partial charge in [-0.1, -0.05) is 0 Å². The smallest absolute Gasteiger partial charge is 0.507 e. The summed E-state index contributed by atoms with van der Waals surface area (Å²) in [5.74, 6) is -0.193. The van der Waals surface area contributed by atoms with Crippen LogP contribution >= 0.6 is 12.6 Å². The van der Waals surface area contributed by atoms with Crippen molar-refractivity contribution in [1.29, 1.82) is 0 Å². The second kappa shape index (κ2) is 5.12. The molecule has 0 radical (unpaired) electrons. The molecule has 1 aromatic rings. The van der Waals surface area contributed by atoms with E-state index in [1.165, 1.54) is 12.1 Å². The van der Waals surface area contributed by atoms with Gasteiger partial charge in [0.05, 0.1) is 12.0 Å². The molecule has 0 aromatic heterocycles. The minimum absolute atomic E-state index is 0. The molecule has 0 aliphatic rings.